The minimum absolute atomic E-state index is 0.0903. The van der Waals surface area contributed by atoms with E-state index in [2.05, 4.69) is 27.2 Å². The number of benzene rings is 1. The van der Waals surface area contributed by atoms with Gasteiger partial charge in [-0.3, -0.25) is 9.78 Å². The molecule has 1 heterocycles. The highest BCUT2D eigenvalue weighted by Gasteiger charge is 2.25. The van der Waals surface area contributed by atoms with Gasteiger partial charge in [0.1, 0.15) is 17.1 Å². The number of pyridine rings is 1. The SMILES string of the molecule is C=C/C(=C\NC(N)=NC(C)(C)c1ncccc1F)c1cccc(CNC(C)=O)c1. The molecule has 0 aliphatic carbocycles. The minimum Gasteiger partial charge on any atom is -0.370 e. The number of allylic oxidation sites excluding steroid dienone is 2. The normalized spacial score (nSPS) is 12.4. The van der Waals surface area contributed by atoms with Crippen molar-refractivity contribution in [2.75, 3.05) is 0 Å². The Hall–Kier alpha value is -3.48. The lowest BCUT2D eigenvalue weighted by Gasteiger charge is -2.20. The molecule has 4 N–H and O–H groups in total. The van der Waals surface area contributed by atoms with Crippen LogP contribution in [-0.4, -0.2) is 16.9 Å². The molecule has 0 unspecified atom stereocenters. The number of nitrogens with zero attached hydrogens (tertiary/aromatic N) is 2. The Bertz CT molecular complexity index is 950. The number of rotatable bonds is 7. The van der Waals surface area contributed by atoms with Crippen LogP contribution in [0.4, 0.5) is 4.39 Å². The van der Waals surface area contributed by atoms with Crippen LogP contribution in [-0.2, 0) is 16.9 Å². The van der Waals surface area contributed by atoms with Gasteiger partial charge in [-0.2, -0.15) is 0 Å². The monoisotopic (exact) mass is 395 g/mol. The summed E-state index contributed by atoms with van der Waals surface area (Å²) in [5.41, 5.74) is 7.92. The Morgan fingerprint density at radius 3 is 2.76 bits per heavy atom. The van der Waals surface area contributed by atoms with E-state index in [4.69, 9.17) is 5.73 Å². The highest BCUT2D eigenvalue weighted by Crippen LogP contribution is 2.24. The van der Waals surface area contributed by atoms with Crippen LogP contribution >= 0.6 is 0 Å². The third kappa shape index (κ3) is 6.27. The smallest absolute Gasteiger partial charge is 0.217 e. The lowest BCUT2D eigenvalue weighted by atomic mass is 10.0. The fourth-order valence-corrected chi connectivity index (χ4v) is 2.72. The van der Waals surface area contributed by atoms with E-state index in [1.807, 2.05) is 24.3 Å². The molecular formula is C22H26FN5O. The van der Waals surface area contributed by atoms with E-state index in [1.54, 1.807) is 26.1 Å². The molecule has 6 nitrogen and oxygen atoms in total. The van der Waals surface area contributed by atoms with Crippen molar-refractivity contribution in [3.8, 4) is 0 Å². The van der Waals surface area contributed by atoms with Crippen molar-refractivity contribution in [2.24, 2.45) is 10.7 Å². The number of hydrogen-bond donors (Lipinski definition) is 3. The van der Waals surface area contributed by atoms with E-state index in [1.165, 1.54) is 25.3 Å². The Labute approximate surface area is 170 Å². The highest BCUT2D eigenvalue weighted by atomic mass is 19.1. The van der Waals surface area contributed by atoms with Gasteiger partial charge in [0.05, 0.1) is 0 Å². The summed E-state index contributed by atoms with van der Waals surface area (Å²) in [4.78, 5) is 19.5. The lowest BCUT2D eigenvalue weighted by Crippen LogP contribution is -2.32. The summed E-state index contributed by atoms with van der Waals surface area (Å²) in [5.74, 6) is -0.409. The van der Waals surface area contributed by atoms with E-state index in [0.29, 0.717) is 6.54 Å². The number of carbonyl (C=O) groups is 1. The molecule has 1 amide bonds. The Kier molecular flexibility index (Phi) is 7.25. The van der Waals surface area contributed by atoms with Crippen molar-refractivity contribution < 1.29 is 9.18 Å². The number of nitrogens with two attached hydrogens (primary N) is 1. The number of nitrogens with one attached hydrogen (secondary N) is 2. The van der Waals surface area contributed by atoms with Crippen LogP contribution in [0.3, 0.4) is 0 Å². The average Bonchev–Trinajstić information content (AvgIpc) is 2.67. The average molecular weight is 395 g/mol. The van der Waals surface area contributed by atoms with Crippen molar-refractivity contribution in [1.29, 1.82) is 0 Å². The fourth-order valence-electron chi connectivity index (χ4n) is 2.72. The van der Waals surface area contributed by atoms with Crippen molar-refractivity contribution in [1.82, 2.24) is 15.6 Å². The summed E-state index contributed by atoms with van der Waals surface area (Å²) in [6.45, 7) is 9.21. The molecule has 2 aromatic rings. The standard InChI is InChI=1S/C22H26FN5O/c1-5-17(18-9-6-8-16(12-18)13-26-15(2)29)14-27-21(24)28-22(3,4)20-19(23)10-7-11-25-20/h5-12,14H,1,13H2,2-4H3,(H,26,29)(H3,24,27,28)/b17-14+. The molecule has 0 aliphatic heterocycles. The number of aromatic nitrogens is 1. The summed E-state index contributed by atoms with van der Waals surface area (Å²) in [5, 5.41) is 5.69. The van der Waals surface area contributed by atoms with Gasteiger partial charge in [-0.05, 0) is 48.7 Å². The molecule has 0 aliphatic rings. The highest BCUT2D eigenvalue weighted by molar-refractivity contribution is 5.83. The predicted octanol–water partition coefficient (Wildman–Crippen LogP) is 3.22. The second-order valence-electron chi connectivity index (χ2n) is 6.95. The Morgan fingerprint density at radius 1 is 1.34 bits per heavy atom. The van der Waals surface area contributed by atoms with E-state index in [0.717, 1.165) is 16.7 Å². The number of halogens is 1. The maximum Gasteiger partial charge on any atom is 0.217 e. The number of amides is 1. The Morgan fingerprint density at radius 2 is 2.10 bits per heavy atom. The molecule has 0 spiro atoms. The van der Waals surface area contributed by atoms with Crippen LogP contribution in [0.5, 0.6) is 0 Å². The van der Waals surface area contributed by atoms with Crippen LogP contribution in [0.2, 0.25) is 0 Å². The summed E-state index contributed by atoms with van der Waals surface area (Å²) in [7, 11) is 0. The maximum absolute atomic E-state index is 14.0. The number of aliphatic imine (C=N–C) groups is 1. The predicted molar refractivity (Wildman–Crippen MR) is 114 cm³/mol. The van der Waals surface area contributed by atoms with Crippen LogP contribution in [0.1, 0.15) is 37.6 Å². The minimum atomic E-state index is -0.942. The van der Waals surface area contributed by atoms with Gasteiger partial charge in [-0.25, -0.2) is 9.38 Å². The van der Waals surface area contributed by atoms with E-state index in [-0.39, 0.29) is 17.6 Å². The third-order valence-electron chi connectivity index (χ3n) is 4.14. The van der Waals surface area contributed by atoms with Gasteiger partial charge in [-0.15, -0.1) is 0 Å². The first-order valence-electron chi connectivity index (χ1n) is 9.12. The summed E-state index contributed by atoms with van der Waals surface area (Å²) >= 11 is 0. The van der Waals surface area contributed by atoms with Crippen LogP contribution < -0.4 is 16.4 Å². The molecule has 0 radical (unpaired) electrons. The summed E-state index contributed by atoms with van der Waals surface area (Å²) in [6.07, 6.45) is 4.87. The zero-order chi connectivity index (χ0) is 21.4. The summed E-state index contributed by atoms with van der Waals surface area (Å²) in [6, 6.07) is 10.6. The van der Waals surface area contributed by atoms with E-state index >= 15 is 0 Å². The van der Waals surface area contributed by atoms with Crippen molar-refractivity contribution in [3.05, 3.63) is 84.1 Å². The molecule has 152 valence electrons. The van der Waals surface area contributed by atoms with Crippen LogP contribution in [0, 0.1) is 5.82 Å². The second kappa shape index (κ2) is 9.64. The summed E-state index contributed by atoms with van der Waals surface area (Å²) < 4.78 is 14.0. The van der Waals surface area contributed by atoms with Gasteiger partial charge in [-0.1, -0.05) is 30.9 Å². The number of hydrogen-bond acceptors (Lipinski definition) is 3. The zero-order valence-electron chi connectivity index (χ0n) is 16.9. The van der Waals surface area contributed by atoms with E-state index < -0.39 is 11.4 Å². The first-order valence-corrected chi connectivity index (χ1v) is 9.12. The van der Waals surface area contributed by atoms with Gasteiger partial charge >= 0.3 is 0 Å². The molecule has 29 heavy (non-hydrogen) atoms. The van der Waals surface area contributed by atoms with Gasteiger partial charge in [0.25, 0.3) is 0 Å². The molecule has 2 rings (SSSR count). The first-order chi connectivity index (χ1) is 13.7. The second-order valence-corrected chi connectivity index (χ2v) is 6.95. The van der Waals surface area contributed by atoms with Crippen molar-refractivity contribution in [3.63, 3.8) is 0 Å². The molecule has 1 aromatic heterocycles. The molecular weight excluding hydrogens is 369 g/mol. The quantitative estimate of drug-likeness (QED) is 0.381. The molecule has 0 bridgehead atoms. The van der Waals surface area contributed by atoms with Crippen LogP contribution in [0.25, 0.3) is 5.57 Å². The van der Waals surface area contributed by atoms with Crippen molar-refractivity contribution >= 4 is 17.4 Å². The molecule has 7 heteroatoms. The fraction of sp³-hybridized carbons (Fsp3) is 0.227. The molecule has 0 saturated carbocycles. The van der Waals surface area contributed by atoms with Gasteiger partial charge < -0.3 is 16.4 Å². The van der Waals surface area contributed by atoms with E-state index in [9.17, 15) is 9.18 Å². The third-order valence-corrected chi connectivity index (χ3v) is 4.14. The number of carbonyl (C=O) groups excluding carboxylic acids is 1. The van der Waals surface area contributed by atoms with Gasteiger partial charge in [0.15, 0.2) is 5.96 Å². The lowest BCUT2D eigenvalue weighted by molar-refractivity contribution is -0.119. The molecule has 0 saturated heterocycles. The van der Waals surface area contributed by atoms with Crippen molar-refractivity contribution in [2.45, 2.75) is 32.9 Å². The number of guanidine groups is 1. The topological polar surface area (TPSA) is 92.4 Å². The Balaban J connectivity index is 2.19. The maximum atomic E-state index is 14.0. The molecule has 0 fully saturated rings. The van der Waals surface area contributed by atoms with Crippen LogP contribution in [0.15, 0.2) is 66.4 Å². The molecule has 0 atom stereocenters. The molecule has 1 aromatic carbocycles. The largest absolute Gasteiger partial charge is 0.370 e. The zero-order valence-corrected chi connectivity index (χ0v) is 16.9. The van der Waals surface area contributed by atoms with Gasteiger partial charge in [0, 0.05) is 25.9 Å². The first kappa shape index (κ1) is 21.8. The van der Waals surface area contributed by atoms with Gasteiger partial charge in [0.2, 0.25) is 5.91 Å².